The molecular formula is C18H22FN5O2. The van der Waals surface area contributed by atoms with Gasteiger partial charge in [-0.25, -0.2) is 14.2 Å². The van der Waals surface area contributed by atoms with E-state index in [1.807, 2.05) is 20.8 Å². The van der Waals surface area contributed by atoms with Crippen LogP contribution in [0.3, 0.4) is 0 Å². The molecule has 2 aromatic heterocycles. The molecule has 2 heterocycles. The predicted octanol–water partition coefficient (Wildman–Crippen LogP) is 3.08. The Morgan fingerprint density at radius 3 is 2.88 bits per heavy atom. The zero-order chi connectivity index (χ0) is 18.7. The highest BCUT2D eigenvalue weighted by atomic mass is 19.1. The Kier molecular flexibility index (Phi) is 5.20. The van der Waals surface area contributed by atoms with Crippen LogP contribution in [0.2, 0.25) is 0 Å². The van der Waals surface area contributed by atoms with Crippen molar-refractivity contribution in [3.8, 4) is 0 Å². The smallest absolute Gasteiger partial charge is 0.317 e. The van der Waals surface area contributed by atoms with Crippen molar-refractivity contribution in [2.75, 3.05) is 13.1 Å². The van der Waals surface area contributed by atoms with Gasteiger partial charge in [0.15, 0.2) is 0 Å². The van der Waals surface area contributed by atoms with Gasteiger partial charge in [-0.15, -0.1) is 0 Å². The number of amides is 2. The van der Waals surface area contributed by atoms with Gasteiger partial charge in [0.25, 0.3) is 0 Å². The Labute approximate surface area is 150 Å². The van der Waals surface area contributed by atoms with Gasteiger partial charge in [-0.05, 0) is 39.0 Å². The summed E-state index contributed by atoms with van der Waals surface area (Å²) in [4.78, 5) is 21.6. The van der Waals surface area contributed by atoms with Crippen molar-refractivity contribution in [1.29, 1.82) is 0 Å². The van der Waals surface area contributed by atoms with Crippen LogP contribution in [0, 0.1) is 19.7 Å². The van der Waals surface area contributed by atoms with Crippen LogP contribution in [0.5, 0.6) is 0 Å². The van der Waals surface area contributed by atoms with Crippen molar-refractivity contribution in [3.05, 3.63) is 46.9 Å². The maximum Gasteiger partial charge on any atom is 0.317 e. The quantitative estimate of drug-likeness (QED) is 0.708. The summed E-state index contributed by atoms with van der Waals surface area (Å²) < 4.78 is 18.4. The van der Waals surface area contributed by atoms with E-state index in [2.05, 4.69) is 20.4 Å². The highest BCUT2D eigenvalue weighted by molar-refractivity contribution is 5.75. The first-order chi connectivity index (χ1) is 12.5. The Balaban J connectivity index is 1.58. The Bertz CT molecular complexity index is 898. The molecule has 0 aliphatic rings. The molecule has 7 nitrogen and oxygen atoms in total. The number of halogens is 1. The van der Waals surface area contributed by atoms with Crippen LogP contribution in [0.15, 0.2) is 22.7 Å². The molecule has 138 valence electrons. The van der Waals surface area contributed by atoms with Crippen molar-refractivity contribution in [3.63, 3.8) is 0 Å². The maximum absolute atomic E-state index is 13.3. The molecule has 0 saturated carbocycles. The van der Waals surface area contributed by atoms with Gasteiger partial charge in [0.05, 0.1) is 16.7 Å². The largest absolute Gasteiger partial charge is 0.361 e. The molecule has 0 bridgehead atoms. The van der Waals surface area contributed by atoms with Crippen LogP contribution in [0.1, 0.15) is 29.8 Å². The highest BCUT2D eigenvalue weighted by Crippen LogP contribution is 2.14. The topological polar surface area (TPSA) is 87.0 Å². The van der Waals surface area contributed by atoms with E-state index < -0.39 is 0 Å². The Morgan fingerprint density at radius 2 is 2.19 bits per heavy atom. The minimum atomic E-state index is -0.304. The summed E-state index contributed by atoms with van der Waals surface area (Å²) in [5.74, 6) is 1.13. The number of carbonyl (C=O) groups is 1. The number of benzene rings is 1. The number of aromatic amines is 1. The number of fused-ring (bicyclic) bond motifs is 1. The molecule has 0 atom stereocenters. The number of rotatable bonds is 6. The fraction of sp³-hybridized carbons (Fsp3) is 0.389. The van der Waals surface area contributed by atoms with E-state index >= 15 is 0 Å². The number of H-pyrrole nitrogens is 1. The molecule has 3 aromatic rings. The van der Waals surface area contributed by atoms with E-state index in [1.165, 1.54) is 12.1 Å². The van der Waals surface area contributed by atoms with Crippen LogP contribution in [0.4, 0.5) is 9.18 Å². The van der Waals surface area contributed by atoms with Crippen molar-refractivity contribution >= 4 is 17.1 Å². The van der Waals surface area contributed by atoms with Crippen molar-refractivity contribution in [1.82, 2.24) is 25.3 Å². The average molecular weight is 359 g/mol. The van der Waals surface area contributed by atoms with Gasteiger partial charge in [-0.1, -0.05) is 5.16 Å². The number of carbonyl (C=O) groups excluding carboxylic acids is 1. The number of nitrogens with one attached hydrogen (secondary N) is 2. The first-order valence-electron chi connectivity index (χ1n) is 8.56. The molecule has 0 saturated heterocycles. The number of nitrogens with zero attached hydrogens (tertiary/aromatic N) is 3. The van der Waals surface area contributed by atoms with Crippen LogP contribution in [-0.4, -0.2) is 39.1 Å². The fourth-order valence-corrected chi connectivity index (χ4v) is 2.83. The van der Waals surface area contributed by atoms with Gasteiger partial charge in [-0.2, -0.15) is 0 Å². The monoisotopic (exact) mass is 359 g/mol. The number of hydrogen-bond acceptors (Lipinski definition) is 4. The molecule has 0 aliphatic carbocycles. The van der Waals surface area contributed by atoms with Crippen LogP contribution < -0.4 is 5.32 Å². The third-order valence-corrected chi connectivity index (χ3v) is 4.38. The molecule has 0 spiro atoms. The van der Waals surface area contributed by atoms with E-state index in [4.69, 9.17) is 4.52 Å². The first kappa shape index (κ1) is 17.9. The number of aromatic nitrogens is 3. The Hall–Kier alpha value is -2.90. The summed E-state index contributed by atoms with van der Waals surface area (Å²) in [5.41, 5.74) is 3.05. The zero-order valence-electron chi connectivity index (χ0n) is 15.1. The van der Waals surface area contributed by atoms with E-state index in [9.17, 15) is 9.18 Å². The number of urea groups is 1. The van der Waals surface area contributed by atoms with Gasteiger partial charge in [0, 0.05) is 31.6 Å². The van der Waals surface area contributed by atoms with Gasteiger partial charge in [0.2, 0.25) is 0 Å². The maximum atomic E-state index is 13.3. The molecule has 1 aromatic carbocycles. The summed E-state index contributed by atoms with van der Waals surface area (Å²) in [7, 11) is 0. The molecule has 26 heavy (non-hydrogen) atoms. The molecule has 0 radical (unpaired) electrons. The Morgan fingerprint density at radius 1 is 1.38 bits per heavy atom. The number of aryl methyl sites for hydroxylation is 2. The lowest BCUT2D eigenvalue weighted by Gasteiger charge is -2.20. The molecule has 2 amide bonds. The second-order valence-electron chi connectivity index (χ2n) is 6.14. The first-order valence-corrected chi connectivity index (χ1v) is 8.56. The fourth-order valence-electron chi connectivity index (χ4n) is 2.83. The molecule has 0 unspecified atom stereocenters. The standard InChI is InChI=1S/C18H22FN5O2/c1-4-24(18(25)20-10-14-11(2)23-26-12(14)3)8-7-17-21-15-6-5-13(19)9-16(15)22-17/h5-6,9H,4,7-8,10H2,1-3H3,(H,20,25)(H,21,22). The molecular weight excluding hydrogens is 337 g/mol. The summed E-state index contributed by atoms with van der Waals surface area (Å²) in [6, 6.07) is 4.28. The molecule has 2 N–H and O–H groups in total. The molecule has 0 fully saturated rings. The van der Waals surface area contributed by atoms with Gasteiger partial charge in [-0.3, -0.25) is 0 Å². The van der Waals surface area contributed by atoms with Crippen LogP contribution >= 0.6 is 0 Å². The van der Waals surface area contributed by atoms with Crippen molar-refractivity contribution in [2.45, 2.75) is 33.7 Å². The summed E-state index contributed by atoms with van der Waals surface area (Å²) in [5, 5.41) is 6.78. The summed E-state index contributed by atoms with van der Waals surface area (Å²) >= 11 is 0. The molecule has 0 aliphatic heterocycles. The summed E-state index contributed by atoms with van der Waals surface area (Å²) in [6.45, 7) is 7.04. The minimum Gasteiger partial charge on any atom is -0.361 e. The lowest BCUT2D eigenvalue weighted by molar-refractivity contribution is 0.200. The number of hydrogen-bond donors (Lipinski definition) is 2. The zero-order valence-corrected chi connectivity index (χ0v) is 15.1. The second-order valence-corrected chi connectivity index (χ2v) is 6.14. The van der Waals surface area contributed by atoms with Gasteiger partial charge in [0.1, 0.15) is 17.4 Å². The third-order valence-electron chi connectivity index (χ3n) is 4.38. The lowest BCUT2D eigenvalue weighted by atomic mass is 10.2. The number of imidazole rings is 1. The molecule has 8 heteroatoms. The normalized spacial score (nSPS) is 11.1. The predicted molar refractivity (Wildman–Crippen MR) is 95.2 cm³/mol. The summed E-state index contributed by atoms with van der Waals surface area (Å²) in [6.07, 6.45) is 0.558. The van der Waals surface area contributed by atoms with Crippen LogP contribution in [0.25, 0.3) is 11.0 Å². The van der Waals surface area contributed by atoms with E-state index in [0.29, 0.717) is 42.8 Å². The highest BCUT2D eigenvalue weighted by Gasteiger charge is 2.15. The van der Waals surface area contributed by atoms with Gasteiger partial charge < -0.3 is 19.7 Å². The second kappa shape index (κ2) is 7.55. The van der Waals surface area contributed by atoms with Crippen molar-refractivity contribution in [2.24, 2.45) is 0 Å². The molecule has 3 rings (SSSR count). The van der Waals surface area contributed by atoms with E-state index in [0.717, 1.165) is 17.1 Å². The average Bonchev–Trinajstić information content (AvgIpc) is 3.16. The van der Waals surface area contributed by atoms with Crippen LogP contribution in [-0.2, 0) is 13.0 Å². The minimum absolute atomic E-state index is 0.158. The van der Waals surface area contributed by atoms with E-state index in [1.54, 1.807) is 11.0 Å². The SMILES string of the molecule is CCN(CCc1nc2ccc(F)cc2[nH]1)C(=O)NCc1c(C)noc1C. The number of likely N-dealkylation sites (N-methyl/N-ethyl adjacent to an activating group) is 1. The lowest BCUT2D eigenvalue weighted by Crippen LogP contribution is -2.40. The third kappa shape index (κ3) is 3.84. The van der Waals surface area contributed by atoms with Gasteiger partial charge >= 0.3 is 6.03 Å². The van der Waals surface area contributed by atoms with Crippen molar-refractivity contribution < 1.29 is 13.7 Å². The van der Waals surface area contributed by atoms with E-state index in [-0.39, 0.29) is 11.8 Å².